The van der Waals surface area contributed by atoms with Gasteiger partial charge in [-0.2, -0.15) is 0 Å². The largest absolute Gasteiger partial charge is 0.508 e. The molecule has 0 saturated heterocycles. The summed E-state index contributed by atoms with van der Waals surface area (Å²) in [6.45, 7) is 7.04. The van der Waals surface area contributed by atoms with Gasteiger partial charge in [0, 0.05) is 6.61 Å². The lowest BCUT2D eigenvalue weighted by atomic mass is 10.3. The molecule has 1 rings (SSSR count). The molecule has 6 nitrogen and oxygen atoms in total. The minimum absolute atomic E-state index is 0.225. The molecule has 6 heteroatoms. The van der Waals surface area contributed by atoms with Gasteiger partial charge in [0.25, 0.3) is 0 Å². The van der Waals surface area contributed by atoms with Crippen LogP contribution >= 0.6 is 0 Å². The highest BCUT2D eigenvalue weighted by Crippen LogP contribution is 2.15. The number of ether oxygens (including phenoxy) is 5. The van der Waals surface area contributed by atoms with E-state index in [0.717, 1.165) is 0 Å². The molecule has 0 aliphatic carbocycles. The summed E-state index contributed by atoms with van der Waals surface area (Å²) in [6.07, 6.45) is 0. The molecule has 0 radical (unpaired) electrons. The van der Waals surface area contributed by atoms with E-state index in [9.17, 15) is 0 Å². The maximum Gasteiger partial charge on any atom is 0.119 e. The summed E-state index contributed by atoms with van der Waals surface area (Å²) < 4.78 is 26.6. The van der Waals surface area contributed by atoms with E-state index < -0.39 is 0 Å². The van der Waals surface area contributed by atoms with Gasteiger partial charge in [-0.3, -0.25) is 0 Å². The molecule has 0 aliphatic heterocycles. The second kappa shape index (κ2) is 13.3. The van der Waals surface area contributed by atoms with Crippen LogP contribution in [0.2, 0.25) is 0 Å². The molecule has 0 saturated carbocycles. The van der Waals surface area contributed by atoms with Crippen LogP contribution in [0.25, 0.3) is 0 Å². The predicted molar refractivity (Wildman–Crippen MR) is 82.6 cm³/mol. The van der Waals surface area contributed by atoms with Gasteiger partial charge in [0.05, 0.1) is 46.2 Å². The van der Waals surface area contributed by atoms with Crippen LogP contribution in [0, 0.1) is 0 Å². The average molecular weight is 314 g/mol. The van der Waals surface area contributed by atoms with Gasteiger partial charge in [0.1, 0.15) is 18.1 Å². The number of hydrogen-bond donors (Lipinski definition) is 1. The lowest BCUT2D eigenvalue weighted by Crippen LogP contribution is -2.13. The fourth-order valence-electron chi connectivity index (χ4n) is 1.56. The van der Waals surface area contributed by atoms with E-state index >= 15 is 0 Å². The van der Waals surface area contributed by atoms with E-state index in [0.29, 0.717) is 65.2 Å². The van der Waals surface area contributed by atoms with Crippen LogP contribution in [0.4, 0.5) is 0 Å². The number of phenols is 1. The lowest BCUT2D eigenvalue weighted by Gasteiger charge is -2.08. The second-order valence-electron chi connectivity index (χ2n) is 4.38. The first-order valence-electron chi connectivity index (χ1n) is 7.55. The number of aromatic hydroxyl groups is 1. The van der Waals surface area contributed by atoms with Crippen LogP contribution in [0.15, 0.2) is 24.3 Å². The lowest BCUT2D eigenvalue weighted by molar-refractivity contribution is -0.00342. The van der Waals surface area contributed by atoms with Crippen molar-refractivity contribution in [2.45, 2.75) is 6.92 Å². The van der Waals surface area contributed by atoms with Gasteiger partial charge in [-0.05, 0) is 31.2 Å². The van der Waals surface area contributed by atoms with Crippen molar-refractivity contribution >= 4 is 0 Å². The zero-order valence-electron chi connectivity index (χ0n) is 13.2. The molecule has 0 unspecified atom stereocenters. The molecule has 0 atom stereocenters. The monoisotopic (exact) mass is 314 g/mol. The van der Waals surface area contributed by atoms with Crippen LogP contribution in [0.3, 0.4) is 0 Å². The Morgan fingerprint density at radius 1 is 0.682 bits per heavy atom. The fraction of sp³-hybridized carbons (Fsp3) is 0.625. The van der Waals surface area contributed by atoms with Gasteiger partial charge < -0.3 is 28.8 Å². The van der Waals surface area contributed by atoms with Crippen LogP contribution in [0.5, 0.6) is 11.5 Å². The Morgan fingerprint density at radius 3 is 1.64 bits per heavy atom. The van der Waals surface area contributed by atoms with Gasteiger partial charge in [-0.25, -0.2) is 0 Å². The number of benzene rings is 1. The first kappa shape index (κ1) is 18.7. The molecular formula is C16H26O6. The van der Waals surface area contributed by atoms with Crippen LogP contribution in [-0.4, -0.2) is 64.6 Å². The van der Waals surface area contributed by atoms with Crippen molar-refractivity contribution in [3.05, 3.63) is 24.3 Å². The van der Waals surface area contributed by atoms with Crippen molar-refractivity contribution in [2.75, 3.05) is 59.5 Å². The molecule has 0 amide bonds. The summed E-state index contributed by atoms with van der Waals surface area (Å²) in [6, 6.07) is 6.59. The van der Waals surface area contributed by atoms with E-state index in [-0.39, 0.29) is 5.75 Å². The highest BCUT2D eigenvalue weighted by Gasteiger charge is 1.95. The molecule has 1 aromatic rings. The van der Waals surface area contributed by atoms with E-state index in [1.54, 1.807) is 24.3 Å². The van der Waals surface area contributed by atoms with Gasteiger partial charge in [-0.15, -0.1) is 0 Å². The van der Waals surface area contributed by atoms with Crippen LogP contribution < -0.4 is 4.74 Å². The van der Waals surface area contributed by atoms with Crippen molar-refractivity contribution in [2.24, 2.45) is 0 Å². The van der Waals surface area contributed by atoms with Crippen LogP contribution in [0.1, 0.15) is 6.92 Å². The maximum atomic E-state index is 9.13. The first-order chi connectivity index (χ1) is 10.8. The zero-order chi connectivity index (χ0) is 15.9. The van der Waals surface area contributed by atoms with Crippen molar-refractivity contribution in [3.63, 3.8) is 0 Å². The quantitative estimate of drug-likeness (QED) is 0.529. The van der Waals surface area contributed by atoms with Crippen molar-refractivity contribution in [3.8, 4) is 11.5 Å². The maximum absolute atomic E-state index is 9.13. The molecule has 0 fully saturated rings. The van der Waals surface area contributed by atoms with E-state index in [4.69, 9.17) is 28.8 Å². The molecule has 126 valence electrons. The Hall–Kier alpha value is -1.34. The second-order valence-corrected chi connectivity index (χ2v) is 4.38. The minimum Gasteiger partial charge on any atom is -0.508 e. The smallest absolute Gasteiger partial charge is 0.119 e. The topological polar surface area (TPSA) is 66.4 Å². The Labute approximate surface area is 131 Å². The normalized spacial score (nSPS) is 10.8. The Morgan fingerprint density at radius 2 is 1.14 bits per heavy atom. The Kier molecular flexibility index (Phi) is 11.3. The van der Waals surface area contributed by atoms with Crippen molar-refractivity contribution < 1.29 is 28.8 Å². The van der Waals surface area contributed by atoms with Gasteiger partial charge >= 0.3 is 0 Å². The fourth-order valence-corrected chi connectivity index (χ4v) is 1.56. The standard InChI is InChI=1S/C16H26O6/c1-2-18-7-8-19-9-10-20-11-12-21-13-14-22-16-5-3-15(17)4-6-16/h3-6,17H,2,7-14H2,1H3. The average Bonchev–Trinajstić information content (AvgIpc) is 2.53. The summed E-state index contributed by atoms with van der Waals surface area (Å²) in [5.74, 6) is 0.935. The van der Waals surface area contributed by atoms with E-state index in [1.165, 1.54) is 0 Å². The van der Waals surface area contributed by atoms with Crippen molar-refractivity contribution in [1.29, 1.82) is 0 Å². The van der Waals surface area contributed by atoms with Gasteiger partial charge in [-0.1, -0.05) is 0 Å². The molecular weight excluding hydrogens is 288 g/mol. The van der Waals surface area contributed by atoms with Crippen LogP contribution in [-0.2, 0) is 18.9 Å². The number of hydrogen-bond acceptors (Lipinski definition) is 6. The van der Waals surface area contributed by atoms with Crippen molar-refractivity contribution in [1.82, 2.24) is 0 Å². The third-order valence-corrected chi connectivity index (χ3v) is 2.65. The SMILES string of the molecule is CCOCCOCCOCCOCCOc1ccc(O)cc1. The molecule has 0 aromatic heterocycles. The van der Waals surface area contributed by atoms with Gasteiger partial charge in [0.15, 0.2) is 0 Å². The van der Waals surface area contributed by atoms with Gasteiger partial charge in [0.2, 0.25) is 0 Å². The first-order valence-corrected chi connectivity index (χ1v) is 7.55. The third-order valence-electron chi connectivity index (χ3n) is 2.65. The molecule has 22 heavy (non-hydrogen) atoms. The predicted octanol–water partition coefficient (Wildman–Crippen LogP) is 1.86. The summed E-state index contributed by atoms with van der Waals surface area (Å²) in [5, 5.41) is 9.13. The number of rotatable bonds is 14. The third kappa shape index (κ3) is 10.4. The summed E-state index contributed by atoms with van der Waals surface area (Å²) in [7, 11) is 0. The zero-order valence-corrected chi connectivity index (χ0v) is 13.2. The van der Waals surface area contributed by atoms with E-state index in [2.05, 4.69) is 0 Å². The Bertz CT molecular complexity index is 354. The molecule has 0 heterocycles. The molecule has 1 N–H and O–H groups in total. The Balaban J connectivity index is 1.79. The number of phenolic OH excluding ortho intramolecular Hbond substituents is 1. The minimum atomic E-state index is 0.225. The molecule has 1 aromatic carbocycles. The molecule has 0 bridgehead atoms. The molecule has 0 aliphatic rings. The molecule has 0 spiro atoms. The summed E-state index contributed by atoms with van der Waals surface area (Å²) >= 11 is 0. The highest BCUT2D eigenvalue weighted by molar-refractivity contribution is 5.29. The summed E-state index contributed by atoms with van der Waals surface area (Å²) in [4.78, 5) is 0. The summed E-state index contributed by atoms with van der Waals surface area (Å²) in [5.41, 5.74) is 0. The highest BCUT2D eigenvalue weighted by atomic mass is 16.6. The van der Waals surface area contributed by atoms with E-state index in [1.807, 2.05) is 6.92 Å².